The molecule has 0 aliphatic carbocycles. The Kier molecular flexibility index (Phi) is 6.46. The average Bonchev–Trinajstić information content (AvgIpc) is 2.65. The number of benzene rings is 2. The first-order chi connectivity index (χ1) is 12.4. The van der Waals surface area contributed by atoms with E-state index in [1.807, 2.05) is 6.92 Å². The summed E-state index contributed by atoms with van der Waals surface area (Å²) in [7, 11) is -0.986. The van der Waals surface area contributed by atoms with Crippen LogP contribution in [0.15, 0.2) is 47.4 Å². The highest BCUT2D eigenvalue weighted by atomic mass is 32.2. The third-order valence-electron chi connectivity index (χ3n) is 3.59. The van der Waals surface area contributed by atoms with Gasteiger partial charge in [0.05, 0.1) is 24.8 Å². The van der Waals surface area contributed by atoms with Crippen molar-refractivity contribution in [2.24, 2.45) is 0 Å². The first kappa shape index (κ1) is 19.6. The summed E-state index contributed by atoms with van der Waals surface area (Å²) in [6.45, 7) is 2.46. The molecule has 2 N–H and O–H groups in total. The SMILES string of the molecule is CCCNC(=O)c1cccc(S(=O)(=O)Nc2cc(OC)ccc2OC)c1. The van der Waals surface area contributed by atoms with Crippen LogP contribution < -0.4 is 19.5 Å². The molecule has 0 aliphatic heterocycles. The molecule has 0 aromatic heterocycles. The fourth-order valence-electron chi connectivity index (χ4n) is 2.24. The number of carbonyl (C=O) groups excluding carboxylic acids is 1. The van der Waals surface area contributed by atoms with Gasteiger partial charge in [-0.05, 0) is 36.8 Å². The van der Waals surface area contributed by atoms with E-state index in [1.54, 1.807) is 18.2 Å². The molecule has 8 heteroatoms. The van der Waals surface area contributed by atoms with Crippen LogP contribution in [-0.4, -0.2) is 35.1 Å². The summed E-state index contributed by atoms with van der Waals surface area (Å²) < 4.78 is 38.2. The second-order valence-electron chi connectivity index (χ2n) is 5.46. The van der Waals surface area contributed by atoms with Gasteiger partial charge >= 0.3 is 0 Å². The molecule has 0 bridgehead atoms. The van der Waals surface area contributed by atoms with Crippen molar-refractivity contribution in [2.75, 3.05) is 25.5 Å². The van der Waals surface area contributed by atoms with Gasteiger partial charge in [-0.2, -0.15) is 0 Å². The molecule has 0 saturated carbocycles. The summed E-state index contributed by atoms with van der Waals surface area (Å²) in [5, 5.41) is 2.72. The normalized spacial score (nSPS) is 10.9. The predicted molar refractivity (Wildman–Crippen MR) is 99.4 cm³/mol. The molecule has 26 heavy (non-hydrogen) atoms. The minimum Gasteiger partial charge on any atom is -0.497 e. The van der Waals surface area contributed by atoms with Crippen LogP contribution in [0.5, 0.6) is 11.5 Å². The molecule has 0 atom stereocenters. The van der Waals surface area contributed by atoms with Gasteiger partial charge in [-0.15, -0.1) is 0 Å². The molecule has 0 saturated heterocycles. The smallest absolute Gasteiger partial charge is 0.262 e. The molecular formula is C18H22N2O5S. The maximum Gasteiger partial charge on any atom is 0.262 e. The molecule has 2 aromatic rings. The molecule has 0 spiro atoms. The van der Waals surface area contributed by atoms with Crippen LogP contribution >= 0.6 is 0 Å². The van der Waals surface area contributed by atoms with Crippen molar-refractivity contribution in [3.63, 3.8) is 0 Å². The molecule has 140 valence electrons. The Hall–Kier alpha value is -2.74. The third kappa shape index (κ3) is 4.66. The van der Waals surface area contributed by atoms with E-state index in [9.17, 15) is 13.2 Å². The van der Waals surface area contributed by atoms with Crippen molar-refractivity contribution in [3.05, 3.63) is 48.0 Å². The van der Waals surface area contributed by atoms with Gasteiger partial charge in [-0.3, -0.25) is 9.52 Å². The maximum absolute atomic E-state index is 12.7. The molecule has 0 unspecified atom stereocenters. The lowest BCUT2D eigenvalue weighted by Crippen LogP contribution is -2.24. The molecular weight excluding hydrogens is 356 g/mol. The maximum atomic E-state index is 12.7. The molecule has 0 radical (unpaired) electrons. The zero-order valence-corrected chi connectivity index (χ0v) is 15.7. The van der Waals surface area contributed by atoms with Crippen LogP contribution in [-0.2, 0) is 10.0 Å². The Morgan fingerprint density at radius 2 is 1.85 bits per heavy atom. The molecule has 0 fully saturated rings. The number of carbonyl (C=O) groups is 1. The van der Waals surface area contributed by atoms with Crippen molar-refractivity contribution < 1.29 is 22.7 Å². The van der Waals surface area contributed by atoms with Gasteiger partial charge in [0, 0.05) is 18.2 Å². The Morgan fingerprint density at radius 3 is 2.50 bits per heavy atom. The van der Waals surface area contributed by atoms with Gasteiger partial charge in [0.25, 0.3) is 15.9 Å². The number of hydrogen-bond donors (Lipinski definition) is 2. The van der Waals surface area contributed by atoms with Gasteiger partial charge in [0.1, 0.15) is 11.5 Å². The first-order valence-corrected chi connectivity index (χ1v) is 9.52. The number of rotatable bonds is 8. The van der Waals surface area contributed by atoms with Crippen LogP contribution in [0.2, 0.25) is 0 Å². The third-order valence-corrected chi connectivity index (χ3v) is 4.96. The van der Waals surface area contributed by atoms with E-state index in [4.69, 9.17) is 9.47 Å². The van der Waals surface area contributed by atoms with Crippen molar-refractivity contribution in [2.45, 2.75) is 18.2 Å². The molecule has 7 nitrogen and oxygen atoms in total. The second-order valence-corrected chi connectivity index (χ2v) is 7.14. The lowest BCUT2D eigenvalue weighted by molar-refractivity contribution is 0.0953. The predicted octanol–water partition coefficient (Wildman–Crippen LogP) is 2.64. The summed E-state index contributed by atoms with van der Waals surface area (Å²) in [4.78, 5) is 12.0. The van der Waals surface area contributed by atoms with Gasteiger partial charge < -0.3 is 14.8 Å². The molecule has 2 rings (SSSR count). The molecule has 1 amide bonds. The van der Waals surface area contributed by atoms with Crippen LogP contribution in [0.3, 0.4) is 0 Å². The summed E-state index contributed by atoms with van der Waals surface area (Å²) in [6, 6.07) is 10.6. The summed E-state index contributed by atoms with van der Waals surface area (Å²) >= 11 is 0. The van der Waals surface area contributed by atoms with Gasteiger partial charge in [-0.1, -0.05) is 13.0 Å². The van der Waals surface area contributed by atoms with E-state index in [2.05, 4.69) is 10.0 Å². The second kappa shape index (κ2) is 8.57. The minimum atomic E-state index is -3.91. The number of amides is 1. The summed E-state index contributed by atoms with van der Waals surface area (Å²) in [6.07, 6.45) is 0.793. The van der Waals surface area contributed by atoms with Gasteiger partial charge in [0.2, 0.25) is 0 Å². The quantitative estimate of drug-likeness (QED) is 0.736. The monoisotopic (exact) mass is 378 g/mol. The number of sulfonamides is 1. The fourth-order valence-corrected chi connectivity index (χ4v) is 3.35. The Morgan fingerprint density at radius 1 is 1.08 bits per heavy atom. The van der Waals surface area contributed by atoms with Crippen LogP contribution in [0.1, 0.15) is 23.7 Å². The zero-order valence-electron chi connectivity index (χ0n) is 14.9. The van der Waals surface area contributed by atoms with Gasteiger partial charge in [-0.25, -0.2) is 8.42 Å². The van der Waals surface area contributed by atoms with E-state index in [0.717, 1.165) is 6.42 Å². The Labute approximate surface area is 153 Å². The average molecular weight is 378 g/mol. The molecule has 2 aromatic carbocycles. The fraction of sp³-hybridized carbons (Fsp3) is 0.278. The highest BCUT2D eigenvalue weighted by Gasteiger charge is 2.19. The number of ether oxygens (including phenoxy) is 2. The minimum absolute atomic E-state index is 0.0217. The lowest BCUT2D eigenvalue weighted by atomic mass is 10.2. The number of methoxy groups -OCH3 is 2. The molecule has 0 heterocycles. The van der Waals surface area contributed by atoms with E-state index < -0.39 is 10.0 Å². The summed E-state index contributed by atoms with van der Waals surface area (Å²) in [5.41, 5.74) is 0.520. The van der Waals surface area contributed by atoms with Crippen LogP contribution in [0.25, 0.3) is 0 Å². The van der Waals surface area contributed by atoms with Crippen LogP contribution in [0, 0.1) is 0 Å². The number of nitrogens with one attached hydrogen (secondary N) is 2. The Balaban J connectivity index is 2.32. The van der Waals surface area contributed by atoms with Crippen molar-refractivity contribution in [1.29, 1.82) is 0 Å². The summed E-state index contributed by atoms with van der Waals surface area (Å²) in [5.74, 6) is 0.519. The lowest BCUT2D eigenvalue weighted by Gasteiger charge is -2.13. The Bertz CT molecular complexity index is 881. The highest BCUT2D eigenvalue weighted by Crippen LogP contribution is 2.30. The zero-order chi connectivity index (χ0) is 19.2. The van der Waals surface area contributed by atoms with E-state index >= 15 is 0 Å². The van der Waals surface area contributed by atoms with E-state index in [0.29, 0.717) is 18.0 Å². The van der Waals surface area contributed by atoms with Crippen molar-refractivity contribution in [3.8, 4) is 11.5 Å². The first-order valence-electron chi connectivity index (χ1n) is 8.04. The topological polar surface area (TPSA) is 93.7 Å². The van der Waals surface area contributed by atoms with Crippen molar-refractivity contribution in [1.82, 2.24) is 5.32 Å². The van der Waals surface area contributed by atoms with E-state index in [1.165, 1.54) is 38.5 Å². The van der Waals surface area contributed by atoms with Crippen molar-refractivity contribution >= 4 is 21.6 Å². The van der Waals surface area contributed by atoms with Crippen LogP contribution in [0.4, 0.5) is 5.69 Å². The highest BCUT2D eigenvalue weighted by molar-refractivity contribution is 7.92. The molecule has 0 aliphatic rings. The largest absolute Gasteiger partial charge is 0.497 e. The van der Waals surface area contributed by atoms with E-state index in [-0.39, 0.29) is 22.1 Å². The standard InChI is InChI=1S/C18H22N2O5S/c1-4-10-19-18(21)13-6-5-7-15(11-13)26(22,23)20-16-12-14(24-2)8-9-17(16)25-3/h5-9,11-12,20H,4,10H2,1-3H3,(H,19,21). The number of hydrogen-bond acceptors (Lipinski definition) is 5. The number of anilines is 1. The van der Waals surface area contributed by atoms with Gasteiger partial charge in [0.15, 0.2) is 0 Å².